The van der Waals surface area contributed by atoms with Crippen molar-refractivity contribution in [2.75, 3.05) is 19.8 Å². The van der Waals surface area contributed by atoms with Crippen molar-refractivity contribution < 1.29 is 19.4 Å². The van der Waals surface area contributed by atoms with Gasteiger partial charge in [-0.15, -0.1) is 0 Å². The van der Waals surface area contributed by atoms with Crippen LogP contribution < -0.4 is 0 Å². The summed E-state index contributed by atoms with van der Waals surface area (Å²) in [6.07, 6.45) is 4.96. The predicted octanol–water partition coefficient (Wildman–Crippen LogP) is 2.15. The lowest BCUT2D eigenvalue weighted by Gasteiger charge is -2.22. The summed E-state index contributed by atoms with van der Waals surface area (Å²) in [6, 6.07) is 5.33. The molecule has 1 aliphatic carbocycles. The van der Waals surface area contributed by atoms with E-state index >= 15 is 0 Å². The van der Waals surface area contributed by atoms with Gasteiger partial charge in [-0.2, -0.15) is 5.10 Å². The number of aromatic nitrogens is 2. The van der Waals surface area contributed by atoms with E-state index in [1.165, 1.54) is 5.56 Å². The molecule has 6 heteroatoms. The molecule has 1 aromatic heterocycles. The van der Waals surface area contributed by atoms with Crippen LogP contribution in [0.3, 0.4) is 0 Å². The number of carboxylic acid groups (broad SMARTS) is 1. The average Bonchev–Trinajstić information content (AvgIpc) is 2.90. The second kappa shape index (κ2) is 6.37. The van der Waals surface area contributed by atoms with Gasteiger partial charge < -0.3 is 14.6 Å². The van der Waals surface area contributed by atoms with Crippen LogP contribution in [0.2, 0.25) is 0 Å². The molecule has 1 atom stereocenters. The third kappa shape index (κ3) is 2.95. The Morgan fingerprint density at radius 3 is 2.96 bits per heavy atom. The topological polar surface area (TPSA) is 73.6 Å². The van der Waals surface area contributed by atoms with E-state index in [0.717, 1.165) is 36.1 Å². The summed E-state index contributed by atoms with van der Waals surface area (Å²) >= 11 is 0. The number of aromatic carboxylic acids is 1. The largest absolute Gasteiger partial charge is 0.478 e. The van der Waals surface area contributed by atoms with Gasteiger partial charge in [0, 0.05) is 11.8 Å². The number of ether oxygens (including phenoxy) is 2. The molecule has 0 spiro atoms. The van der Waals surface area contributed by atoms with Crippen molar-refractivity contribution in [3.8, 4) is 11.3 Å². The standard InChI is InChI=1S/C18H20N2O4/c21-18(22)13-4-5-16-12(8-13)2-1-3-14-9-20(19-17(14)16)10-15-11-23-6-7-24-15/h4-5,8-9,15H,1-3,6-7,10-11H2,(H,21,22)/t15-/m0/s1. The fourth-order valence-corrected chi connectivity index (χ4v) is 3.45. The third-order valence-electron chi connectivity index (χ3n) is 4.61. The number of benzene rings is 1. The second-order valence-corrected chi connectivity index (χ2v) is 6.32. The molecule has 1 aliphatic heterocycles. The molecule has 1 saturated heterocycles. The number of aryl methyl sites for hydroxylation is 2. The minimum Gasteiger partial charge on any atom is -0.478 e. The van der Waals surface area contributed by atoms with E-state index in [9.17, 15) is 9.90 Å². The number of carbonyl (C=O) groups is 1. The average molecular weight is 328 g/mol. The zero-order chi connectivity index (χ0) is 16.5. The summed E-state index contributed by atoms with van der Waals surface area (Å²) in [4.78, 5) is 11.2. The molecule has 126 valence electrons. The Labute approximate surface area is 140 Å². The molecule has 2 heterocycles. The van der Waals surface area contributed by atoms with E-state index in [-0.39, 0.29) is 6.10 Å². The summed E-state index contributed by atoms with van der Waals surface area (Å²) < 4.78 is 13.1. The number of carboxylic acids is 1. The monoisotopic (exact) mass is 328 g/mol. The first-order chi connectivity index (χ1) is 11.7. The van der Waals surface area contributed by atoms with E-state index in [4.69, 9.17) is 14.6 Å². The van der Waals surface area contributed by atoms with Crippen molar-refractivity contribution in [3.05, 3.63) is 41.1 Å². The highest BCUT2D eigenvalue weighted by Crippen LogP contribution is 2.32. The highest BCUT2D eigenvalue weighted by Gasteiger charge is 2.21. The molecule has 0 saturated carbocycles. The molecule has 2 aliphatic rings. The Morgan fingerprint density at radius 1 is 1.29 bits per heavy atom. The predicted molar refractivity (Wildman–Crippen MR) is 87.2 cm³/mol. The number of fused-ring (bicyclic) bond motifs is 3. The highest BCUT2D eigenvalue weighted by atomic mass is 16.6. The summed E-state index contributed by atoms with van der Waals surface area (Å²) in [5.41, 5.74) is 4.64. The summed E-state index contributed by atoms with van der Waals surface area (Å²) in [5.74, 6) is -0.887. The number of nitrogens with zero attached hydrogens (tertiary/aromatic N) is 2. The Hall–Kier alpha value is -2.18. The van der Waals surface area contributed by atoms with Gasteiger partial charge in [0.25, 0.3) is 0 Å². The first-order valence-corrected chi connectivity index (χ1v) is 8.33. The molecular formula is C18H20N2O4. The normalized spacial score (nSPS) is 20.1. The maximum Gasteiger partial charge on any atom is 0.335 e. The van der Waals surface area contributed by atoms with E-state index in [1.807, 2.05) is 10.7 Å². The number of hydrogen-bond acceptors (Lipinski definition) is 4. The fraction of sp³-hybridized carbons (Fsp3) is 0.444. The van der Waals surface area contributed by atoms with Gasteiger partial charge in [0.15, 0.2) is 0 Å². The molecule has 2 aromatic rings. The molecule has 0 bridgehead atoms. The molecule has 0 amide bonds. The first kappa shape index (κ1) is 15.4. The van der Waals surface area contributed by atoms with Gasteiger partial charge in [0.05, 0.1) is 37.6 Å². The minimum atomic E-state index is -0.887. The van der Waals surface area contributed by atoms with Crippen LogP contribution in [0.1, 0.15) is 27.9 Å². The lowest BCUT2D eigenvalue weighted by atomic mass is 10.00. The SMILES string of the molecule is O=C(O)c1ccc2c(c1)CCCc1cn(C[C@H]3COCCO3)nc1-2. The zero-order valence-electron chi connectivity index (χ0n) is 13.4. The molecule has 1 fully saturated rings. The van der Waals surface area contributed by atoms with Crippen LogP contribution in [0.25, 0.3) is 11.3 Å². The molecule has 0 unspecified atom stereocenters. The number of rotatable bonds is 3. The van der Waals surface area contributed by atoms with Crippen LogP contribution in [0.15, 0.2) is 24.4 Å². The van der Waals surface area contributed by atoms with Crippen molar-refractivity contribution in [3.63, 3.8) is 0 Å². The lowest BCUT2D eigenvalue weighted by Crippen LogP contribution is -2.32. The molecule has 1 N–H and O–H groups in total. The van der Waals surface area contributed by atoms with Crippen LogP contribution in [0.5, 0.6) is 0 Å². The quantitative estimate of drug-likeness (QED) is 0.934. The van der Waals surface area contributed by atoms with Crippen molar-refractivity contribution in [2.45, 2.75) is 31.9 Å². The van der Waals surface area contributed by atoms with Gasteiger partial charge in [-0.05, 0) is 42.5 Å². The molecule has 24 heavy (non-hydrogen) atoms. The van der Waals surface area contributed by atoms with Gasteiger partial charge >= 0.3 is 5.97 Å². The highest BCUT2D eigenvalue weighted by molar-refractivity contribution is 5.89. The Kier molecular flexibility index (Phi) is 4.08. The summed E-state index contributed by atoms with van der Waals surface area (Å²) in [6.45, 7) is 2.57. The first-order valence-electron chi connectivity index (χ1n) is 8.33. The fourth-order valence-electron chi connectivity index (χ4n) is 3.45. The van der Waals surface area contributed by atoms with Crippen molar-refractivity contribution in [2.24, 2.45) is 0 Å². The second-order valence-electron chi connectivity index (χ2n) is 6.32. The molecular weight excluding hydrogens is 308 g/mol. The van der Waals surface area contributed by atoms with Crippen molar-refractivity contribution in [1.29, 1.82) is 0 Å². The van der Waals surface area contributed by atoms with Gasteiger partial charge in [0.2, 0.25) is 0 Å². The molecule has 0 radical (unpaired) electrons. The maximum absolute atomic E-state index is 11.2. The van der Waals surface area contributed by atoms with Crippen LogP contribution in [0.4, 0.5) is 0 Å². The van der Waals surface area contributed by atoms with Crippen LogP contribution in [-0.4, -0.2) is 46.8 Å². The van der Waals surface area contributed by atoms with E-state index in [1.54, 1.807) is 12.1 Å². The van der Waals surface area contributed by atoms with E-state index in [2.05, 4.69) is 6.20 Å². The molecule has 4 rings (SSSR count). The van der Waals surface area contributed by atoms with Gasteiger partial charge in [-0.1, -0.05) is 6.07 Å². The van der Waals surface area contributed by atoms with Gasteiger partial charge in [0.1, 0.15) is 6.10 Å². The van der Waals surface area contributed by atoms with Gasteiger partial charge in [-0.25, -0.2) is 4.79 Å². The van der Waals surface area contributed by atoms with Crippen LogP contribution in [0, 0.1) is 0 Å². The zero-order valence-corrected chi connectivity index (χ0v) is 13.4. The van der Waals surface area contributed by atoms with Crippen molar-refractivity contribution >= 4 is 5.97 Å². The summed E-state index contributed by atoms with van der Waals surface area (Å²) in [7, 11) is 0. The minimum absolute atomic E-state index is 0.0381. The Balaban J connectivity index is 1.65. The molecule has 1 aromatic carbocycles. The van der Waals surface area contributed by atoms with Crippen LogP contribution >= 0.6 is 0 Å². The van der Waals surface area contributed by atoms with Crippen LogP contribution in [-0.2, 0) is 28.9 Å². The lowest BCUT2D eigenvalue weighted by molar-refractivity contribution is -0.0946. The van der Waals surface area contributed by atoms with E-state index in [0.29, 0.717) is 31.9 Å². The smallest absolute Gasteiger partial charge is 0.335 e. The third-order valence-corrected chi connectivity index (χ3v) is 4.61. The van der Waals surface area contributed by atoms with Gasteiger partial charge in [-0.3, -0.25) is 4.68 Å². The summed E-state index contributed by atoms with van der Waals surface area (Å²) in [5, 5.41) is 13.9. The Bertz CT molecular complexity index is 762. The number of hydrogen-bond donors (Lipinski definition) is 1. The molecule has 6 nitrogen and oxygen atoms in total. The Morgan fingerprint density at radius 2 is 2.17 bits per heavy atom. The van der Waals surface area contributed by atoms with E-state index < -0.39 is 5.97 Å². The maximum atomic E-state index is 11.2. The van der Waals surface area contributed by atoms with Crippen molar-refractivity contribution in [1.82, 2.24) is 9.78 Å².